The van der Waals surface area contributed by atoms with E-state index in [0.29, 0.717) is 17.2 Å². The molecule has 1 atom stereocenters. The van der Waals surface area contributed by atoms with Gasteiger partial charge >= 0.3 is 0 Å². The van der Waals surface area contributed by atoms with Crippen molar-refractivity contribution in [3.63, 3.8) is 0 Å². The van der Waals surface area contributed by atoms with Crippen molar-refractivity contribution >= 4 is 22.1 Å². The zero-order valence-corrected chi connectivity index (χ0v) is 13.4. The Kier molecular flexibility index (Phi) is 4.80. The minimum Gasteiger partial charge on any atom is -0.259 e. The summed E-state index contributed by atoms with van der Waals surface area (Å²) in [5.41, 5.74) is 1.40. The molecule has 1 saturated carbocycles. The second-order valence-electron chi connectivity index (χ2n) is 5.48. The molecule has 2 nitrogen and oxygen atoms in total. The van der Waals surface area contributed by atoms with Crippen LogP contribution in [0.2, 0.25) is 0 Å². The van der Waals surface area contributed by atoms with Gasteiger partial charge in [-0.1, -0.05) is 31.0 Å². The number of benzene rings is 1. The SMILES string of the molecule is O=[S@@](Cc1csc(C2CCCC2)n1)Cc1ccccc1F. The van der Waals surface area contributed by atoms with Crippen LogP contribution in [0.4, 0.5) is 4.39 Å². The molecule has 1 aromatic heterocycles. The van der Waals surface area contributed by atoms with Gasteiger partial charge in [0.2, 0.25) is 0 Å². The van der Waals surface area contributed by atoms with Gasteiger partial charge in [0.1, 0.15) is 5.82 Å². The van der Waals surface area contributed by atoms with Gasteiger partial charge in [-0.15, -0.1) is 11.3 Å². The van der Waals surface area contributed by atoms with E-state index in [1.54, 1.807) is 29.5 Å². The number of thiazole rings is 1. The Labute approximate surface area is 130 Å². The fourth-order valence-electron chi connectivity index (χ4n) is 2.75. The molecule has 0 radical (unpaired) electrons. The molecule has 21 heavy (non-hydrogen) atoms. The minimum absolute atomic E-state index is 0.253. The van der Waals surface area contributed by atoms with Crippen molar-refractivity contribution < 1.29 is 8.60 Å². The van der Waals surface area contributed by atoms with Crippen molar-refractivity contribution in [1.29, 1.82) is 0 Å². The van der Waals surface area contributed by atoms with Crippen LogP contribution in [0.1, 0.15) is 47.9 Å². The molecule has 3 rings (SSSR count). The van der Waals surface area contributed by atoms with E-state index in [2.05, 4.69) is 4.98 Å². The fraction of sp³-hybridized carbons (Fsp3) is 0.438. The first-order valence-electron chi connectivity index (χ1n) is 7.25. The Morgan fingerprint density at radius 2 is 2.00 bits per heavy atom. The van der Waals surface area contributed by atoms with Gasteiger partial charge in [0.05, 0.1) is 22.2 Å². The van der Waals surface area contributed by atoms with E-state index in [9.17, 15) is 8.60 Å². The Balaban J connectivity index is 1.61. The Morgan fingerprint density at radius 3 is 2.76 bits per heavy atom. The first-order valence-corrected chi connectivity index (χ1v) is 9.62. The molecule has 112 valence electrons. The van der Waals surface area contributed by atoms with E-state index in [4.69, 9.17) is 0 Å². The highest BCUT2D eigenvalue weighted by atomic mass is 32.2. The van der Waals surface area contributed by atoms with Crippen LogP contribution in [0.5, 0.6) is 0 Å². The Morgan fingerprint density at radius 1 is 1.24 bits per heavy atom. The predicted octanol–water partition coefficient (Wildman–Crippen LogP) is 4.39. The van der Waals surface area contributed by atoms with Crippen molar-refractivity contribution in [2.75, 3.05) is 0 Å². The summed E-state index contributed by atoms with van der Waals surface area (Å²) >= 11 is 1.68. The highest BCUT2D eigenvalue weighted by Gasteiger charge is 2.20. The van der Waals surface area contributed by atoms with Gasteiger partial charge in [0, 0.05) is 27.7 Å². The van der Waals surface area contributed by atoms with E-state index >= 15 is 0 Å². The third-order valence-electron chi connectivity index (χ3n) is 3.86. The molecule has 0 bridgehead atoms. The predicted molar refractivity (Wildman–Crippen MR) is 85.3 cm³/mol. The third kappa shape index (κ3) is 3.77. The summed E-state index contributed by atoms with van der Waals surface area (Å²) in [4.78, 5) is 4.63. The molecular weight excluding hydrogens is 305 g/mol. The van der Waals surface area contributed by atoms with Crippen LogP contribution >= 0.6 is 11.3 Å². The van der Waals surface area contributed by atoms with Crippen LogP contribution in [0, 0.1) is 5.82 Å². The molecule has 0 spiro atoms. The second-order valence-corrected chi connectivity index (χ2v) is 7.83. The maximum atomic E-state index is 13.5. The van der Waals surface area contributed by atoms with Crippen molar-refractivity contribution in [3.8, 4) is 0 Å². The maximum Gasteiger partial charge on any atom is 0.127 e. The van der Waals surface area contributed by atoms with Gasteiger partial charge < -0.3 is 0 Å². The molecule has 0 unspecified atom stereocenters. The summed E-state index contributed by atoms with van der Waals surface area (Å²) in [5.74, 6) is 0.986. The normalized spacial score (nSPS) is 17.2. The molecule has 1 aliphatic carbocycles. The average molecular weight is 323 g/mol. The molecule has 0 aliphatic heterocycles. The highest BCUT2D eigenvalue weighted by Crippen LogP contribution is 2.35. The summed E-state index contributed by atoms with van der Waals surface area (Å²) in [6.07, 6.45) is 5.04. The van der Waals surface area contributed by atoms with E-state index in [1.807, 2.05) is 5.38 Å². The van der Waals surface area contributed by atoms with Crippen LogP contribution in [-0.2, 0) is 22.3 Å². The lowest BCUT2D eigenvalue weighted by Crippen LogP contribution is -2.02. The highest BCUT2D eigenvalue weighted by molar-refractivity contribution is 7.83. The smallest absolute Gasteiger partial charge is 0.127 e. The van der Waals surface area contributed by atoms with Crippen LogP contribution < -0.4 is 0 Å². The summed E-state index contributed by atoms with van der Waals surface area (Å²) < 4.78 is 25.7. The third-order valence-corrected chi connectivity index (χ3v) is 6.16. The fourth-order valence-corrected chi connectivity index (χ4v) is 5.01. The number of rotatable bonds is 5. The second kappa shape index (κ2) is 6.79. The van der Waals surface area contributed by atoms with Crippen molar-refractivity contribution in [1.82, 2.24) is 4.98 Å². The van der Waals surface area contributed by atoms with Crippen LogP contribution in [0.25, 0.3) is 0 Å². The Hall–Kier alpha value is -1.07. The molecule has 1 heterocycles. The van der Waals surface area contributed by atoms with Gasteiger partial charge in [-0.05, 0) is 18.9 Å². The van der Waals surface area contributed by atoms with Crippen molar-refractivity contribution in [2.45, 2.75) is 43.1 Å². The molecule has 1 aromatic carbocycles. The zero-order chi connectivity index (χ0) is 14.7. The largest absolute Gasteiger partial charge is 0.259 e. The van der Waals surface area contributed by atoms with Gasteiger partial charge in [-0.3, -0.25) is 4.21 Å². The molecule has 0 saturated heterocycles. The van der Waals surface area contributed by atoms with Crippen LogP contribution in [-0.4, -0.2) is 9.19 Å². The van der Waals surface area contributed by atoms with Gasteiger partial charge in [-0.2, -0.15) is 0 Å². The first kappa shape index (κ1) is 14.9. The first-order chi connectivity index (χ1) is 10.2. The lowest BCUT2D eigenvalue weighted by atomic mass is 10.1. The van der Waals surface area contributed by atoms with Crippen LogP contribution in [0.3, 0.4) is 0 Å². The molecular formula is C16H18FNOS2. The molecule has 0 N–H and O–H groups in total. The van der Waals surface area contributed by atoms with E-state index in [0.717, 1.165) is 5.69 Å². The summed E-state index contributed by atoms with van der Waals surface area (Å²) in [5, 5.41) is 3.19. The molecule has 2 aromatic rings. The average Bonchev–Trinajstić information content (AvgIpc) is 3.12. The van der Waals surface area contributed by atoms with E-state index < -0.39 is 10.8 Å². The lowest BCUT2D eigenvalue weighted by Gasteiger charge is -2.04. The van der Waals surface area contributed by atoms with Gasteiger partial charge in [-0.25, -0.2) is 9.37 Å². The molecule has 0 amide bonds. The maximum absolute atomic E-state index is 13.5. The summed E-state index contributed by atoms with van der Waals surface area (Å²) in [6.45, 7) is 0. The Bertz CT molecular complexity index is 635. The van der Waals surface area contributed by atoms with Gasteiger partial charge in [0.15, 0.2) is 0 Å². The monoisotopic (exact) mass is 323 g/mol. The lowest BCUT2D eigenvalue weighted by molar-refractivity contribution is 0.615. The number of halogens is 1. The topological polar surface area (TPSA) is 30.0 Å². The zero-order valence-electron chi connectivity index (χ0n) is 11.8. The standard InChI is InChI=1S/C16H18FNOS2/c17-15-8-4-3-7-13(15)10-21(19)11-14-9-20-16(18-14)12-5-1-2-6-12/h3-4,7-9,12H,1-2,5-6,10-11H2/t21-/m1/s1. The van der Waals surface area contributed by atoms with Crippen LogP contribution in [0.15, 0.2) is 29.6 Å². The van der Waals surface area contributed by atoms with E-state index in [1.165, 1.54) is 36.8 Å². The van der Waals surface area contributed by atoms with Crippen molar-refractivity contribution in [3.05, 3.63) is 51.7 Å². The molecule has 5 heteroatoms. The number of aromatic nitrogens is 1. The van der Waals surface area contributed by atoms with E-state index in [-0.39, 0.29) is 11.6 Å². The summed E-state index contributed by atoms with van der Waals surface area (Å²) in [7, 11) is -1.12. The van der Waals surface area contributed by atoms with Gasteiger partial charge in [0.25, 0.3) is 0 Å². The summed E-state index contributed by atoms with van der Waals surface area (Å²) in [6, 6.07) is 6.53. The minimum atomic E-state index is -1.12. The van der Waals surface area contributed by atoms with Crippen molar-refractivity contribution in [2.24, 2.45) is 0 Å². The number of hydrogen-bond acceptors (Lipinski definition) is 3. The molecule has 1 fully saturated rings. The number of hydrogen-bond donors (Lipinski definition) is 0. The number of nitrogens with zero attached hydrogens (tertiary/aromatic N) is 1. The molecule has 1 aliphatic rings. The quantitative estimate of drug-likeness (QED) is 0.817.